The van der Waals surface area contributed by atoms with Gasteiger partial charge in [0.1, 0.15) is 22.3 Å². The summed E-state index contributed by atoms with van der Waals surface area (Å²) in [7, 11) is 0. The van der Waals surface area contributed by atoms with E-state index in [-0.39, 0.29) is 0 Å². The Morgan fingerprint density at radius 1 is 0.333 bits per heavy atom. The molecule has 0 saturated heterocycles. The van der Waals surface area contributed by atoms with Gasteiger partial charge < -0.3 is 13.4 Å². The third-order valence-electron chi connectivity index (χ3n) is 11.1. The maximum Gasteiger partial charge on any atom is 0.164 e. The first-order valence-corrected chi connectivity index (χ1v) is 19.0. The second-order valence-electron chi connectivity index (χ2n) is 14.4. The molecular weight excluding hydrogens is 701 g/mol. The fraction of sp³-hybridized carbons (Fsp3) is 0. The van der Waals surface area contributed by atoms with Gasteiger partial charge in [-0.1, -0.05) is 115 Å². The van der Waals surface area contributed by atoms with Crippen molar-refractivity contribution in [2.24, 2.45) is 0 Å². The van der Waals surface area contributed by atoms with Crippen molar-refractivity contribution in [1.29, 1.82) is 0 Å². The van der Waals surface area contributed by atoms with Crippen molar-refractivity contribution < 1.29 is 8.83 Å². The van der Waals surface area contributed by atoms with Crippen LogP contribution in [-0.4, -0.2) is 19.5 Å². The lowest BCUT2D eigenvalue weighted by atomic mass is 10.0. The molecular formula is C51H30N4O2. The van der Waals surface area contributed by atoms with Crippen LogP contribution in [0.4, 0.5) is 0 Å². The summed E-state index contributed by atoms with van der Waals surface area (Å²) in [4.78, 5) is 15.3. The minimum absolute atomic E-state index is 0.562. The number of para-hydroxylation sites is 3. The van der Waals surface area contributed by atoms with Gasteiger partial charge in [0.15, 0.2) is 17.5 Å². The number of nitrogens with zero attached hydrogens (tertiary/aromatic N) is 4. The van der Waals surface area contributed by atoms with Gasteiger partial charge in [0.25, 0.3) is 0 Å². The van der Waals surface area contributed by atoms with E-state index in [0.717, 1.165) is 99.2 Å². The van der Waals surface area contributed by atoms with E-state index >= 15 is 0 Å². The number of furan rings is 2. The average Bonchev–Trinajstić information content (AvgIpc) is 3.96. The highest BCUT2D eigenvalue weighted by molar-refractivity contribution is 6.24. The Morgan fingerprint density at radius 3 is 1.70 bits per heavy atom. The monoisotopic (exact) mass is 730 g/mol. The molecule has 0 fully saturated rings. The Bertz CT molecular complexity index is 3510. The molecule has 266 valence electrons. The van der Waals surface area contributed by atoms with E-state index in [1.165, 1.54) is 0 Å². The second-order valence-corrected chi connectivity index (χ2v) is 14.4. The largest absolute Gasteiger partial charge is 0.456 e. The molecule has 0 spiro atoms. The van der Waals surface area contributed by atoms with Crippen LogP contribution in [0.1, 0.15) is 0 Å². The molecule has 6 heteroatoms. The van der Waals surface area contributed by atoms with Crippen LogP contribution in [0.5, 0.6) is 0 Å². The van der Waals surface area contributed by atoms with Gasteiger partial charge in [-0.05, 0) is 77.9 Å². The molecule has 0 saturated carbocycles. The summed E-state index contributed by atoms with van der Waals surface area (Å²) >= 11 is 0. The van der Waals surface area contributed by atoms with Gasteiger partial charge in [-0.15, -0.1) is 0 Å². The lowest BCUT2D eigenvalue weighted by Crippen LogP contribution is -2.00. The van der Waals surface area contributed by atoms with Crippen molar-refractivity contribution in [3.63, 3.8) is 0 Å². The highest BCUT2D eigenvalue weighted by Crippen LogP contribution is 2.41. The quantitative estimate of drug-likeness (QED) is 0.176. The maximum absolute atomic E-state index is 6.86. The molecule has 6 nitrogen and oxygen atoms in total. The zero-order valence-corrected chi connectivity index (χ0v) is 30.4. The number of fused-ring (bicyclic) bond motifs is 10. The van der Waals surface area contributed by atoms with Crippen LogP contribution < -0.4 is 0 Å². The summed E-state index contributed by atoms with van der Waals surface area (Å²) in [6, 6.07) is 62.7. The third kappa shape index (κ3) is 5.01. The van der Waals surface area contributed by atoms with Gasteiger partial charge >= 0.3 is 0 Å². The summed E-state index contributed by atoms with van der Waals surface area (Å²) in [5, 5.41) is 6.41. The Morgan fingerprint density at radius 2 is 0.895 bits per heavy atom. The number of benzene rings is 8. The number of aromatic nitrogens is 4. The van der Waals surface area contributed by atoms with Gasteiger partial charge in [-0.2, -0.15) is 0 Å². The highest BCUT2D eigenvalue weighted by Gasteiger charge is 2.20. The molecule has 0 radical (unpaired) electrons. The molecule has 12 aromatic rings. The van der Waals surface area contributed by atoms with E-state index in [1.54, 1.807) is 0 Å². The average molecular weight is 731 g/mol. The lowest BCUT2D eigenvalue weighted by molar-refractivity contribution is 0.669. The summed E-state index contributed by atoms with van der Waals surface area (Å²) < 4.78 is 15.3. The molecule has 0 unspecified atom stereocenters. The van der Waals surface area contributed by atoms with Gasteiger partial charge in [0.05, 0.1) is 16.4 Å². The van der Waals surface area contributed by atoms with E-state index < -0.39 is 0 Å². The van der Waals surface area contributed by atoms with Crippen molar-refractivity contribution in [3.8, 4) is 51.0 Å². The molecule has 0 aliphatic carbocycles. The smallest absolute Gasteiger partial charge is 0.164 e. The first kappa shape index (κ1) is 31.5. The Hall–Kier alpha value is -7.83. The SMILES string of the molecule is c1ccc(-c2ccc(-c3nc(-c4ccc5c(c4)oc4c5ccc5c4c4ccccc4n5-c4ccccc4)nc(-c4ccc5oc6ccccc6c5c4)n3)cc2)cc1. The third-order valence-corrected chi connectivity index (χ3v) is 11.1. The van der Waals surface area contributed by atoms with Crippen molar-refractivity contribution in [1.82, 2.24) is 19.5 Å². The zero-order chi connectivity index (χ0) is 37.5. The number of hydrogen-bond donors (Lipinski definition) is 0. The van der Waals surface area contributed by atoms with E-state index in [4.69, 9.17) is 23.8 Å². The summed E-state index contributed by atoms with van der Waals surface area (Å²) in [6.45, 7) is 0. The van der Waals surface area contributed by atoms with Crippen molar-refractivity contribution >= 4 is 65.7 Å². The summed E-state index contributed by atoms with van der Waals surface area (Å²) in [5.41, 5.74) is 11.5. The van der Waals surface area contributed by atoms with E-state index in [9.17, 15) is 0 Å². The lowest BCUT2D eigenvalue weighted by Gasteiger charge is -2.09. The van der Waals surface area contributed by atoms with E-state index in [1.807, 2.05) is 42.5 Å². The van der Waals surface area contributed by atoms with Crippen LogP contribution in [0.2, 0.25) is 0 Å². The fourth-order valence-corrected chi connectivity index (χ4v) is 8.35. The van der Waals surface area contributed by atoms with Crippen molar-refractivity contribution in [2.45, 2.75) is 0 Å². The van der Waals surface area contributed by atoms with Crippen molar-refractivity contribution in [2.75, 3.05) is 0 Å². The molecule has 0 aliphatic rings. The van der Waals surface area contributed by atoms with E-state index in [0.29, 0.717) is 17.5 Å². The highest BCUT2D eigenvalue weighted by atomic mass is 16.3. The van der Waals surface area contributed by atoms with Gasteiger partial charge in [-0.25, -0.2) is 15.0 Å². The summed E-state index contributed by atoms with van der Waals surface area (Å²) in [5.74, 6) is 1.73. The normalized spacial score (nSPS) is 11.9. The first-order chi connectivity index (χ1) is 28.2. The minimum atomic E-state index is 0.562. The Labute approximate surface area is 325 Å². The molecule has 0 atom stereocenters. The fourth-order valence-electron chi connectivity index (χ4n) is 8.35. The predicted molar refractivity (Wildman–Crippen MR) is 230 cm³/mol. The Kier molecular flexibility index (Phi) is 6.83. The van der Waals surface area contributed by atoms with Crippen molar-refractivity contribution in [3.05, 3.63) is 182 Å². The Balaban J connectivity index is 1.04. The zero-order valence-electron chi connectivity index (χ0n) is 30.4. The first-order valence-electron chi connectivity index (χ1n) is 19.0. The number of rotatable bonds is 5. The topological polar surface area (TPSA) is 69.9 Å². The molecule has 0 aliphatic heterocycles. The molecule has 12 rings (SSSR count). The predicted octanol–water partition coefficient (Wildman–Crippen LogP) is 13.4. The van der Waals surface area contributed by atoms with Crippen LogP contribution in [-0.2, 0) is 0 Å². The van der Waals surface area contributed by atoms with Crippen LogP contribution in [0.3, 0.4) is 0 Å². The van der Waals surface area contributed by atoms with Gasteiger partial charge in [-0.3, -0.25) is 0 Å². The standard InChI is InChI=1S/C51H30N4O2/c1-3-11-31(12-4-1)32-19-21-33(22-20-32)49-52-50(34-24-28-45-41(29-34)37-15-8-10-18-44(37)56-45)54-51(53-49)35-23-25-38-39-26-27-43-47(48(39)57-46(38)30-35)40-16-7-9-17-42(40)55(43)36-13-5-2-6-14-36/h1-30H. The molecule has 0 amide bonds. The molecule has 4 aromatic heterocycles. The van der Waals surface area contributed by atoms with Crippen LogP contribution in [0.15, 0.2) is 191 Å². The molecule has 0 N–H and O–H groups in total. The van der Waals surface area contributed by atoms with Crippen LogP contribution in [0, 0.1) is 0 Å². The maximum atomic E-state index is 6.86. The van der Waals surface area contributed by atoms with Crippen LogP contribution >= 0.6 is 0 Å². The molecule has 8 aromatic carbocycles. The van der Waals surface area contributed by atoms with Gasteiger partial charge in [0.2, 0.25) is 0 Å². The second kappa shape index (κ2) is 12.3. The molecule has 4 heterocycles. The molecule has 0 bridgehead atoms. The number of hydrogen-bond acceptors (Lipinski definition) is 5. The van der Waals surface area contributed by atoms with Gasteiger partial charge in [0, 0.05) is 49.3 Å². The minimum Gasteiger partial charge on any atom is -0.456 e. The summed E-state index contributed by atoms with van der Waals surface area (Å²) in [6.07, 6.45) is 0. The van der Waals surface area contributed by atoms with E-state index in [2.05, 4.69) is 144 Å². The molecule has 57 heavy (non-hydrogen) atoms. The van der Waals surface area contributed by atoms with Crippen LogP contribution in [0.25, 0.3) is 117 Å².